The van der Waals surface area contributed by atoms with Gasteiger partial charge in [-0.25, -0.2) is 4.98 Å². The molecule has 7 heteroatoms. The molecule has 7 nitrogen and oxygen atoms in total. The van der Waals surface area contributed by atoms with Gasteiger partial charge in [0.15, 0.2) is 5.82 Å². The number of hydrogen-bond acceptors (Lipinski definition) is 6. The molecule has 2 heterocycles. The van der Waals surface area contributed by atoms with Crippen LogP contribution in [0.1, 0.15) is 18.2 Å². The van der Waals surface area contributed by atoms with Gasteiger partial charge in [-0.1, -0.05) is 12.1 Å². The lowest BCUT2D eigenvalue weighted by Crippen LogP contribution is -2.07. The largest absolute Gasteiger partial charge is 0.497 e. The molecule has 0 bridgehead atoms. The number of ether oxygens (including phenoxy) is 2. The van der Waals surface area contributed by atoms with Gasteiger partial charge in [0.1, 0.15) is 11.4 Å². The first-order valence-electron chi connectivity index (χ1n) is 8.29. The number of carbonyl (C=O) groups is 1. The lowest BCUT2D eigenvalue weighted by molar-refractivity contribution is -0.142. The first-order valence-corrected chi connectivity index (χ1v) is 8.29. The molecule has 1 aromatic carbocycles. The first kappa shape index (κ1) is 17.6. The number of imidazole rings is 1. The monoisotopic (exact) mass is 352 g/mol. The normalized spacial score (nSPS) is 11.2. The van der Waals surface area contributed by atoms with E-state index in [-0.39, 0.29) is 12.4 Å². The van der Waals surface area contributed by atoms with E-state index in [1.807, 2.05) is 47.9 Å². The van der Waals surface area contributed by atoms with Crippen molar-refractivity contribution in [2.24, 2.45) is 10.2 Å². The van der Waals surface area contributed by atoms with E-state index in [4.69, 9.17) is 9.47 Å². The highest BCUT2D eigenvalue weighted by molar-refractivity contribution is 5.74. The summed E-state index contributed by atoms with van der Waals surface area (Å²) in [5.74, 6) is 0.868. The summed E-state index contributed by atoms with van der Waals surface area (Å²) in [6, 6.07) is 11.1. The van der Waals surface area contributed by atoms with Crippen LogP contribution in [-0.4, -0.2) is 29.1 Å². The van der Waals surface area contributed by atoms with Crippen molar-refractivity contribution in [2.75, 3.05) is 13.7 Å². The third-order valence-electron chi connectivity index (χ3n) is 3.74. The number of carbonyl (C=O) groups excluding carboxylic acids is 1. The molecule has 0 spiro atoms. The Bertz CT molecular complexity index is 963. The van der Waals surface area contributed by atoms with Crippen LogP contribution < -0.4 is 4.74 Å². The maximum absolute atomic E-state index is 11.9. The van der Waals surface area contributed by atoms with E-state index in [1.54, 1.807) is 20.1 Å². The minimum absolute atomic E-state index is 0.0427. The Morgan fingerprint density at radius 1 is 1.23 bits per heavy atom. The molecule has 0 fully saturated rings. The van der Waals surface area contributed by atoms with E-state index < -0.39 is 0 Å². The molecule has 0 radical (unpaired) electrons. The Morgan fingerprint density at radius 2 is 2.08 bits per heavy atom. The standard InChI is InChI=1S/C19H20N4O3/c1-4-26-18(24)11-16-19(23-12-13(2)8-9-17(23)20-16)22-21-14-6-5-7-15(10-14)25-3/h5-10,12H,4,11H2,1-3H3. The molecule has 0 saturated carbocycles. The number of nitrogens with zero attached hydrogens (tertiary/aromatic N) is 4. The number of fused-ring (bicyclic) bond motifs is 1. The van der Waals surface area contributed by atoms with E-state index in [2.05, 4.69) is 15.2 Å². The van der Waals surface area contributed by atoms with Gasteiger partial charge in [-0.3, -0.25) is 9.20 Å². The van der Waals surface area contributed by atoms with Crippen LogP contribution in [0.15, 0.2) is 52.8 Å². The number of aromatic nitrogens is 2. The highest BCUT2D eigenvalue weighted by Gasteiger charge is 2.16. The summed E-state index contributed by atoms with van der Waals surface area (Å²) in [7, 11) is 1.60. The van der Waals surface area contributed by atoms with E-state index in [0.717, 1.165) is 5.56 Å². The third-order valence-corrected chi connectivity index (χ3v) is 3.74. The molecule has 0 saturated heterocycles. The number of aryl methyl sites for hydroxylation is 1. The van der Waals surface area contributed by atoms with Gasteiger partial charge < -0.3 is 9.47 Å². The van der Waals surface area contributed by atoms with Crippen LogP contribution in [0.25, 0.3) is 5.65 Å². The highest BCUT2D eigenvalue weighted by Crippen LogP contribution is 2.27. The molecule has 0 unspecified atom stereocenters. The SMILES string of the molecule is CCOC(=O)Cc1nc2ccc(C)cn2c1N=Nc1cccc(OC)c1. The molecule has 3 rings (SSSR count). The molecule has 26 heavy (non-hydrogen) atoms. The fraction of sp³-hybridized carbons (Fsp3) is 0.263. The Morgan fingerprint density at radius 3 is 2.85 bits per heavy atom. The Balaban J connectivity index is 2.02. The number of pyridine rings is 1. The van der Waals surface area contributed by atoms with Crippen molar-refractivity contribution in [1.82, 2.24) is 9.38 Å². The molecule has 3 aromatic rings. The van der Waals surface area contributed by atoms with Crippen LogP contribution in [0.3, 0.4) is 0 Å². The van der Waals surface area contributed by atoms with Crippen LogP contribution in [0.4, 0.5) is 11.5 Å². The van der Waals surface area contributed by atoms with Gasteiger partial charge in [0.25, 0.3) is 0 Å². The fourth-order valence-corrected chi connectivity index (χ4v) is 2.54. The van der Waals surface area contributed by atoms with Crippen molar-refractivity contribution in [3.63, 3.8) is 0 Å². The van der Waals surface area contributed by atoms with Crippen molar-refractivity contribution in [3.05, 3.63) is 53.9 Å². The van der Waals surface area contributed by atoms with Gasteiger partial charge in [-0.05, 0) is 37.6 Å². The summed E-state index contributed by atoms with van der Waals surface area (Å²) in [6.07, 6.45) is 1.96. The van der Waals surface area contributed by atoms with Gasteiger partial charge in [-0.15, -0.1) is 10.2 Å². The molecule has 2 aromatic heterocycles. The zero-order chi connectivity index (χ0) is 18.5. The van der Waals surface area contributed by atoms with Crippen molar-refractivity contribution in [3.8, 4) is 5.75 Å². The lowest BCUT2D eigenvalue weighted by Gasteiger charge is -2.02. The van der Waals surface area contributed by atoms with Crippen molar-refractivity contribution in [2.45, 2.75) is 20.3 Å². The average Bonchev–Trinajstić information content (AvgIpc) is 2.96. The van der Waals surface area contributed by atoms with E-state index >= 15 is 0 Å². The van der Waals surface area contributed by atoms with Crippen molar-refractivity contribution >= 4 is 23.1 Å². The summed E-state index contributed by atoms with van der Waals surface area (Å²) in [5.41, 5.74) is 2.93. The van der Waals surface area contributed by atoms with Crippen LogP contribution in [-0.2, 0) is 16.0 Å². The van der Waals surface area contributed by atoms with Crippen LogP contribution in [0, 0.1) is 6.92 Å². The Labute approximate surface area is 151 Å². The highest BCUT2D eigenvalue weighted by atomic mass is 16.5. The lowest BCUT2D eigenvalue weighted by atomic mass is 10.3. The Hall–Kier alpha value is -3.22. The smallest absolute Gasteiger partial charge is 0.312 e. The predicted octanol–water partition coefficient (Wildman–Crippen LogP) is 4.17. The summed E-state index contributed by atoms with van der Waals surface area (Å²) in [6.45, 7) is 4.08. The number of benzene rings is 1. The van der Waals surface area contributed by atoms with Gasteiger partial charge in [-0.2, -0.15) is 0 Å². The number of azo groups is 1. The molecule has 0 aliphatic rings. The number of esters is 1. The predicted molar refractivity (Wildman–Crippen MR) is 97.4 cm³/mol. The molecular formula is C19H20N4O3. The molecule has 0 N–H and O–H groups in total. The summed E-state index contributed by atoms with van der Waals surface area (Å²) in [5, 5.41) is 8.64. The number of methoxy groups -OCH3 is 1. The number of hydrogen-bond donors (Lipinski definition) is 0. The minimum Gasteiger partial charge on any atom is -0.497 e. The molecule has 0 atom stereocenters. The third kappa shape index (κ3) is 3.88. The van der Waals surface area contributed by atoms with E-state index in [9.17, 15) is 4.79 Å². The maximum atomic E-state index is 11.9. The number of rotatable bonds is 6. The molecule has 0 aliphatic heterocycles. The fourth-order valence-electron chi connectivity index (χ4n) is 2.54. The molecule has 0 amide bonds. The molecule has 0 aliphatic carbocycles. The van der Waals surface area contributed by atoms with Crippen LogP contribution in [0.5, 0.6) is 5.75 Å². The molecular weight excluding hydrogens is 332 g/mol. The summed E-state index contributed by atoms with van der Waals surface area (Å²) in [4.78, 5) is 16.4. The molecule has 134 valence electrons. The average molecular weight is 352 g/mol. The second-order valence-electron chi connectivity index (χ2n) is 5.70. The second kappa shape index (κ2) is 7.77. The summed E-state index contributed by atoms with van der Waals surface area (Å²) < 4.78 is 12.1. The maximum Gasteiger partial charge on any atom is 0.312 e. The van der Waals surface area contributed by atoms with Crippen molar-refractivity contribution in [1.29, 1.82) is 0 Å². The van der Waals surface area contributed by atoms with Crippen LogP contribution in [0.2, 0.25) is 0 Å². The Kier molecular flexibility index (Phi) is 5.26. The van der Waals surface area contributed by atoms with E-state index in [0.29, 0.717) is 35.2 Å². The van der Waals surface area contributed by atoms with Gasteiger partial charge in [0, 0.05) is 12.3 Å². The van der Waals surface area contributed by atoms with Crippen molar-refractivity contribution < 1.29 is 14.3 Å². The van der Waals surface area contributed by atoms with Gasteiger partial charge in [0.05, 0.1) is 31.5 Å². The summed E-state index contributed by atoms with van der Waals surface area (Å²) >= 11 is 0. The topological polar surface area (TPSA) is 77.5 Å². The second-order valence-corrected chi connectivity index (χ2v) is 5.70. The first-order chi connectivity index (χ1) is 12.6. The van der Waals surface area contributed by atoms with Crippen LogP contribution >= 0.6 is 0 Å². The zero-order valence-corrected chi connectivity index (χ0v) is 15.0. The quantitative estimate of drug-likeness (QED) is 0.493. The minimum atomic E-state index is -0.342. The van der Waals surface area contributed by atoms with Gasteiger partial charge >= 0.3 is 5.97 Å². The van der Waals surface area contributed by atoms with E-state index in [1.165, 1.54) is 0 Å². The van der Waals surface area contributed by atoms with Gasteiger partial charge in [0.2, 0.25) is 0 Å². The zero-order valence-electron chi connectivity index (χ0n) is 15.0.